The smallest absolute Gasteiger partial charge is 0.0541 e. The molecule has 0 aliphatic heterocycles. The summed E-state index contributed by atoms with van der Waals surface area (Å²) in [5, 5.41) is 4.40. The van der Waals surface area contributed by atoms with Crippen molar-refractivity contribution in [3.8, 4) is 0 Å². The first-order chi connectivity index (χ1) is 9.31. The van der Waals surface area contributed by atoms with E-state index in [0.717, 1.165) is 16.7 Å². The molecule has 1 atom stereocenters. The number of benzene rings is 1. The van der Waals surface area contributed by atoms with Gasteiger partial charge >= 0.3 is 0 Å². The lowest BCUT2D eigenvalue weighted by molar-refractivity contribution is 0.359. The molecule has 1 unspecified atom stereocenters. The summed E-state index contributed by atoms with van der Waals surface area (Å²) < 4.78 is 0. The van der Waals surface area contributed by atoms with Crippen LogP contribution in [0.3, 0.4) is 0 Å². The fraction of sp³-hybridized carbons (Fsp3) is 0.625. The summed E-state index contributed by atoms with van der Waals surface area (Å²) >= 11 is 8.11. The van der Waals surface area contributed by atoms with Crippen molar-refractivity contribution >= 4 is 23.4 Å². The Morgan fingerprint density at radius 1 is 1.21 bits per heavy atom. The Bertz CT molecular complexity index is 375. The second kappa shape index (κ2) is 8.18. The Balaban J connectivity index is 1.90. The minimum absolute atomic E-state index is 0.611. The molecule has 0 spiro atoms. The van der Waals surface area contributed by atoms with Gasteiger partial charge in [-0.15, -0.1) is 11.8 Å². The van der Waals surface area contributed by atoms with E-state index in [-0.39, 0.29) is 0 Å². The second-order valence-electron chi connectivity index (χ2n) is 5.39. The molecule has 1 aromatic carbocycles. The van der Waals surface area contributed by atoms with E-state index in [9.17, 15) is 0 Å². The number of nitrogens with one attached hydrogen (secondary N) is 1. The fourth-order valence-corrected chi connectivity index (χ4v) is 4.39. The summed E-state index contributed by atoms with van der Waals surface area (Å²) in [5.41, 5.74) is 0. The molecule has 106 valence electrons. The van der Waals surface area contributed by atoms with Crippen LogP contribution in [0, 0.1) is 5.92 Å². The maximum Gasteiger partial charge on any atom is 0.0541 e. The molecule has 0 bridgehead atoms. The molecule has 0 heterocycles. The molecule has 1 fully saturated rings. The molecule has 0 radical (unpaired) electrons. The maximum atomic E-state index is 6.22. The molecular weight excluding hydrogens is 274 g/mol. The van der Waals surface area contributed by atoms with Crippen molar-refractivity contribution in [3.63, 3.8) is 0 Å². The third-order valence-corrected chi connectivity index (χ3v) is 5.73. The van der Waals surface area contributed by atoms with Gasteiger partial charge in [-0.3, -0.25) is 0 Å². The van der Waals surface area contributed by atoms with E-state index in [1.165, 1.54) is 43.4 Å². The minimum Gasteiger partial charge on any atom is -0.316 e. The Hall–Kier alpha value is -0.180. The molecule has 0 aromatic heterocycles. The third kappa shape index (κ3) is 4.70. The molecule has 19 heavy (non-hydrogen) atoms. The van der Waals surface area contributed by atoms with Crippen molar-refractivity contribution in [2.75, 3.05) is 12.8 Å². The topological polar surface area (TPSA) is 12.0 Å². The quantitative estimate of drug-likeness (QED) is 0.607. The van der Waals surface area contributed by atoms with E-state index < -0.39 is 0 Å². The van der Waals surface area contributed by atoms with E-state index in [1.807, 2.05) is 23.9 Å². The molecule has 1 N–H and O–H groups in total. The van der Waals surface area contributed by atoms with Crippen LogP contribution in [0.2, 0.25) is 5.02 Å². The van der Waals surface area contributed by atoms with E-state index >= 15 is 0 Å². The van der Waals surface area contributed by atoms with Crippen LogP contribution in [0.5, 0.6) is 0 Å². The van der Waals surface area contributed by atoms with E-state index in [0.29, 0.717) is 6.04 Å². The highest BCUT2D eigenvalue weighted by molar-refractivity contribution is 7.99. The lowest BCUT2D eigenvalue weighted by Gasteiger charge is -2.25. The highest BCUT2D eigenvalue weighted by Crippen LogP contribution is 2.31. The largest absolute Gasteiger partial charge is 0.316 e. The normalized spacial score (nSPS) is 19.1. The molecule has 1 saturated carbocycles. The van der Waals surface area contributed by atoms with Crippen molar-refractivity contribution in [1.82, 2.24) is 5.32 Å². The van der Waals surface area contributed by atoms with Gasteiger partial charge in [-0.2, -0.15) is 0 Å². The fourth-order valence-electron chi connectivity index (χ4n) is 2.91. The predicted octanol–water partition coefficient (Wildman–Crippen LogP) is 4.99. The second-order valence-corrected chi connectivity index (χ2v) is 6.86. The molecule has 2 rings (SSSR count). The average molecular weight is 298 g/mol. The van der Waals surface area contributed by atoms with Gasteiger partial charge in [0.1, 0.15) is 0 Å². The van der Waals surface area contributed by atoms with Gasteiger partial charge < -0.3 is 5.32 Å². The van der Waals surface area contributed by atoms with Crippen LogP contribution in [0.15, 0.2) is 29.2 Å². The first kappa shape index (κ1) is 15.2. The Morgan fingerprint density at radius 2 is 1.89 bits per heavy atom. The lowest BCUT2D eigenvalue weighted by Crippen LogP contribution is -2.35. The van der Waals surface area contributed by atoms with Crippen LogP contribution in [0.1, 0.15) is 38.5 Å². The zero-order valence-electron chi connectivity index (χ0n) is 11.7. The van der Waals surface area contributed by atoms with Crippen molar-refractivity contribution < 1.29 is 0 Å². The van der Waals surface area contributed by atoms with Crippen LogP contribution < -0.4 is 5.32 Å². The number of hydrogen-bond donors (Lipinski definition) is 1. The van der Waals surface area contributed by atoms with Gasteiger partial charge in [0.05, 0.1) is 5.02 Å². The number of halogens is 1. The number of thioether (sulfide) groups is 1. The van der Waals surface area contributed by atoms with Crippen molar-refractivity contribution in [2.24, 2.45) is 5.92 Å². The van der Waals surface area contributed by atoms with Crippen molar-refractivity contribution in [3.05, 3.63) is 29.3 Å². The molecule has 1 nitrogen and oxygen atoms in total. The third-order valence-electron chi connectivity index (χ3n) is 4.09. The summed E-state index contributed by atoms with van der Waals surface area (Å²) in [5.74, 6) is 1.95. The van der Waals surface area contributed by atoms with Gasteiger partial charge in [-0.1, -0.05) is 49.4 Å². The Kier molecular flexibility index (Phi) is 6.55. The van der Waals surface area contributed by atoms with Crippen LogP contribution in [0.25, 0.3) is 0 Å². The summed E-state index contributed by atoms with van der Waals surface area (Å²) in [7, 11) is 2.10. The van der Waals surface area contributed by atoms with Gasteiger partial charge in [0.25, 0.3) is 0 Å². The zero-order valence-corrected chi connectivity index (χ0v) is 13.3. The van der Waals surface area contributed by atoms with Crippen molar-refractivity contribution in [2.45, 2.75) is 49.5 Å². The monoisotopic (exact) mass is 297 g/mol. The van der Waals surface area contributed by atoms with Crippen LogP contribution in [0.4, 0.5) is 0 Å². The molecule has 0 amide bonds. The maximum absolute atomic E-state index is 6.22. The molecule has 0 saturated heterocycles. The molecule has 3 heteroatoms. The van der Waals surface area contributed by atoms with Gasteiger partial charge in [0, 0.05) is 16.7 Å². The van der Waals surface area contributed by atoms with Gasteiger partial charge in [0.15, 0.2) is 0 Å². The molecular formula is C16H24ClNS. The van der Waals surface area contributed by atoms with E-state index in [2.05, 4.69) is 24.5 Å². The minimum atomic E-state index is 0.611. The lowest BCUT2D eigenvalue weighted by atomic mass is 9.93. The average Bonchev–Trinajstić information content (AvgIpc) is 2.71. The van der Waals surface area contributed by atoms with Crippen LogP contribution in [-0.4, -0.2) is 18.8 Å². The zero-order chi connectivity index (χ0) is 13.5. The SMILES string of the molecule is CNC(CSc1ccccc1Cl)C1CCCCCC1. The Labute approximate surface area is 126 Å². The van der Waals surface area contributed by atoms with E-state index in [1.54, 1.807) is 0 Å². The highest BCUT2D eigenvalue weighted by atomic mass is 35.5. The molecule has 1 aliphatic carbocycles. The number of hydrogen-bond acceptors (Lipinski definition) is 2. The van der Waals surface area contributed by atoms with Gasteiger partial charge in [-0.05, 0) is 37.9 Å². The van der Waals surface area contributed by atoms with Gasteiger partial charge in [0.2, 0.25) is 0 Å². The Morgan fingerprint density at radius 3 is 2.53 bits per heavy atom. The first-order valence-electron chi connectivity index (χ1n) is 7.36. The summed E-state index contributed by atoms with van der Waals surface area (Å²) in [6.45, 7) is 0. The standard InChI is InChI=1S/C16H24ClNS/c1-18-15(13-8-4-2-3-5-9-13)12-19-16-11-7-6-10-14(16)17/h6-7,10-11,13,15,18H,2-5,8-9,12H2,1H3. The predicted molar refractivity (Wildman–Crippen MR) is 86.2 cm³/mol. The number of rotatable bonds is 5. The molecule has 1 aliphatic rings. The van der Waals surface area contributed by atoms with Gasteiger partial charge in [-0.25, -0.2) is 0 Å². The summed E-state index contributed by atoms with van der Waals surface area (Å²) in [6.07, 6.45) is 8.41. The summed E-state index contributed by atoms with van der Waals surface area (Å²) in [6, 6.07) is 8.76. The molecule has 1 aromatic rings. The summed E-state index contributed by atoms with van der Waals surface area (Å²) in [4.78, 5) is 1.21. The van der Waals surface area contributed by atoms with Crippen LogP contribution in [-0.2, 0) is 0 Å². The van der Waals surface area contributed by atoms with Crippen LogP contribution >= 0.6 is 23.4 Å². The van der Waals surface area contributed by atoms with E-state index in [4.69, 9.17) is 11.6 Å². The highest BCUT2D eigenvalue weighted by Gasteiger charge is 2.21. The van der Waals surface area contributed by atoms with Crippen molar-refractivity contribution in [1.29, 1.82) is 0 Å². The first-order valence-corrected chi connectivity index (χ1v) is 8.72.